The van der Waals surface area contributed by atoms with Crippen LogP contribution in [0.1, 0.15) is 0 Å². The van der Waals surface area contributed by atoms with E-state index in [2.05, 4.69) is 0 Å². The molecule has 0 radical (unpaired) electrons. The first-order valence-corrected chi connectivity index (χ1v) is 2.68. The van der Waals surface area contributed by atoms with E-state index in [4.69, 9.17) is 19.2 Å². The van der Waals surface area contributed by atoms with Crippen LogP contribution in [0.5, 0.6) is 0 Å². The van der Waals surface area contributed by atoms with Crippen LogP contribution in [0.15, 0.2) is 0 Å². The zero-order valence-corrected chi connectivity index (χ0v) is 4.59. The van der Waals surface area contributed by atoms with Crippen LogP contribution in [-0.4, -0.2) is 47.1 Å². The first kappa shape index (κ1) is 15.7. The molecular weight excluding hydrogens is 158 g/mol. The molecule has 0 saturated heterocycles. The van der Waals surface area contributed by atoms with E-state index in [0.717, 1.165) is 0 Å². The molecule has 0 aromatic carbocycles. The molecule has 7 heteroatoms. The smallest absolute Gasteiger partial charge is 0 e. The van der Waals surface area contributed by atoms with Gasteiger partial charge in [0.15, 0.2) is 0 Å². The second-order valence-electron chi connectivity index (χ2n) is 0.600. The van der Waals surface area contributed by atoms with E-state index in [1.54, 1.807) is 0 Å². The molecule has 44 valence electrons. The van der Waals surface area contributed by atoms with Gasteiger partial charge in [-0.15, -0.1) is 0 Å². The average molecular weight is 163 g/mol. The van der Waals surface area contributed by atoms with E-state index < -0.39 is 9.05 Å². The van der Waals surface area contributed by atoms with E-state index in [9.17, 15) is 0 Å². The molecule has 0 atom stereocenters. The zero-order valence-electron chi connectivity index (χ0n) is 2.61. The van der Waals surface area contributed by atoms with Crippen molar-refractivity contribution >= 4 is 27.9 Å². The van der Waals surface area contributed by atoms with Crippen molar-refractivity contribution in [3.63, 3.8) is 0 Å². The van der Waals surface area contributed by atoms with Crippen molar-refractivity contribution in [1.29, 1.82) is 0 Å². The van der Waals surface area contributed by atoms with Crippen LogP contribution in [0.3, 0.4) is 0 Å². The van der Waals surface area contributed by atoms with Crippen LogP contribution in [0.4, 0.5) is 0 Å². The van der Waals surface area contributed by atoms with E-state index in [1.807, 2.05) is 0 Å². The number of hydrogen-bond acceptors (Lipinski definition) is 4. The van der Waals surface area contributed by atoms with Crippen molar-refractivity contribution < 1.29 is 35.7 Å². The normalized spacial score (nSPS) is 8.57. The Labute approximate surface area is 63.8 Å². The molecule has 0 saturated carbocycles. The van der Waals surface area contributed by atoms with Crippen molar-refractivity contribution in [2.75, 3.05) is 0 Å². The molecule has 0 aliphatic carbocycles. The summed E-state index contributed by atoms with van der Waals surface area (Å²) in [6.45, 7) is 0. The molecule has 0 rings (SSSR count). The van der Waals surface area contributed by atoms with Gasteiger partial charge in [0.1, 0.15) is 0 Å². The van der Waals surface area contributed by atoms with E-state index in [-0.39, 0.29) is 35.4 Å². The summed E-state index contributed by atoms with van der Waals surface area (Å²) in [5.74, 6) is 0. The molecule has 0 aromatic heterocycles. The quantitative estimate of drug-likeness (QED) is 0.282. The summed E-state index contributed by atoms with van der Waals surface area (Å²) in [6.07, 6.45) is 0. The fourth-order valence-corrected chi connectivity index (χ4v) is 0. The minimum Gasteiger partial charge on any atom is 0 e. The molecule has 4 N–H and O–H groups in total. The van der Waals surface area contributed by atoms with Crippen LogP contribution >= 0.6 is 0 Å². The molecule has 0 unspecified atom stereocenters. The third-order valence-corrected chi connectivity index (χ3v) is 0. The maximum atomic E-state index is 7.33. The molecule has 0 heterocycles. The summed E-state index contributed by atoms with van der Waals surface area (Å²) in [5, 5.41) is 0. The Morgan fingerprint density at radius 1 is 0.857 bits per heavy atom. The molecular formula is H5LiNiO4Si. The standard InChI is InChI=1S/Li.Ni.H4O4Si.H/c;;1-5(2,3)4;/h;;1-4H;. The van der Waals surface area contributed by atoms with Crippen molar-refractivity contribution in [1.82, 2.24) is 0 Å². The summed E-state index contributed by atoms with van der Waals surface area (Å²) in [5.41, 5.74) is 0. The van der Waals surface area contributed by atoms with Crippen molar-refractivity contribution in [3.05, 3.63) is 0 Å². The predicted octanol–water partition coefficient (Wildman–Crippen LogP) is -3.26. The van der Waals surface area contributed by atoms with E-state index >= 15 is 0 Å². The molecule has 0 aliphatic rings. The van der Waals surface area contributed by atoms with Gasteiger partial charge in [-0.25, -0.2) is 0 Å². The Morgan fingerprint density at radius 2 is 0.857 bits per heavy atom. The molecule has 0 spiro atoms. The molecule has 0 fully saturated rings. The maximum absolute atomic E-state index is 7.33. The third-order valence-electron chi connectivity index (χ3n) is 0. The first-order chi connectivity index (χ1) is 2.00. The van der Waals surface area contributed by atoms with Gasteiger partial charge in [-0.3, -0.25) is 0 Å². The fourth-order valence-electron chi connectivity index (χ4n) is 0. The van der Waals surface area contributed by atoms with Crippen LogP contribution in [0.25, 0.3) is 0 Å². The topological polar surface area (TPSA) is 80.9 Å². The van der Waals surface area contributed by atoms with Crippen LogP contribution < -0.4 is 0 Å². The molecule has 0 bridgehead atoms. The fraction of sp³-hybridized carbons (Fsp3) is 0. The third kappa shape index (κ3) is 144. The Bertz CT molecular complexity index is 27.2. The number of hydrogen-bond donors (Lipinski definition) is 4. The minimum atomic E-state index is -4.61. The van der Waals surface area contributed by atoms with E-state index in [0.29, 0.717) is 0 Å². The summed E-state index contributed by atoms with van der Waals surface area (Å²) >= 11 is 0. The molecule has 4 nitrogen and oxygen atoms in total. The molecule has 7 heavy (non-hydrogen) atoms. The van der Waals surface area contributed by atoms with Gasteiger partial charge in [0.2, 0.25) is 0 Å². The maximum Gasteiger partial charge on any atom is 0 e. The second kappa shape index (κ2) is 5.29. The Balaban J connectivity index is -0.0000000800. The zero-order chi connectivity index (χ0) is 4.50. The van der Waals surface area contributed by atoms with Crippen LogP contribution in [-0.2, 0) is 16.5 Å². The Hall–Kier alpha value is 1.15. The summed E-state index contributed by atoms with van der Waals surface area (Å²) in [6, 6.07) is 0. The van der Waals surface area contributed by atoms with Gasteiger partial charge in [-0.1, -0.05) is 0 Å². The van der Waals surface area contributed by atoms with Gasteiger partial charge in [0, 0.05) is 16.5 Å². The van der Waals surface area contributed by atoms with Gasteiger partial charge in [0.05, 0.1) is 0 Å². The van der Waals surface area contributed by atoms with Gasteiger partial charge in [0.25, 0.3) is 0 Å². The number of rotatable bonds is 0. The Kier molecular flexibility index (Phi) is 11.9. The van der Waals surface area contributed by atoms with Gasteiger partial charge >= 0.3 is 27.9 Å². The summed E-state index contributed by atoms with van der Waals surface area (Å²) in [4.78, 5) is 29.3. The summed E-state index contributed by atoms with van der Waals surface area (Å²) < 4.78 is 0. The van der Waals surface area contributed by atoms with Crippen molar-refractivity contribution in [2.24, 2.45) is 0 Å². The molecule has 0 amide bonds. The van der Waals surface area contributed by atoms with Gasteiger partial charge in [-0.2, -0.15) is 0 Å². The monoisotopic (exact) mass is 162 g/mol. The van der Waals surface area contributed by atoms with Gasteiger partial charge in [-0.05, 0) is 0 Å². The average Bonchev–Trinajstić information content (AvgIpc) is 0.722. The first-order valence-electron chi connectivity index (χ1n) is 0.894. The van der Waals surface area contributed by atoms with Crippen molar-refractivity contribution in [2.45, 2.75) is 0 Å². The SMILES string of the molecule is O[Si](O)(O)O.[LiH].[Ni]. The van der Waals surface area contributed by atoms with Crippen molar-refractivity contribution in [3.8, 4) is 0 Å². The van der Waals surface area contributed by atoms with Crippen LogP contribution in [0.2, 0.25) is 0 Å². The Morgan fingerprint density at radius 3 is 0.857 bits per heavy atom. The van der Waals surface area contributed by atoms with E-state index in [1.165, 1.54) is 0 Å². The summed E-state index contributed by atoms with van der Waals surface area (Å²) in [7, 11) is -4.61. The molecule has 0 aliphatic heterocycles. The minimum absolute atomic E-state index is 0. The van der Waals surface area contributed by atoms with Gasteiger partial charge < -0.3 is 19.2 Å². The predicted molar refractivity (Wildman–Crippen MR) is 21.8 cm³/mol. The largest absolute Gasteiger partial charge is 0 e. The molecule has 0 aromatic rings. The van der Waals surface area contributed by atoms with Crippen LogP contribution in [0, 0.1) is 0 Å². The second-order valence-corrected chi connectivity index (χ2v) is 1.80.